The fourth-order valence-corrected chi connectivity index (χ4v) is 2.92. The topological polar surface area (TPSA) is 82.1 Å². The molecule has 1 aliphatic heterocycles. The fourth-order valence-electron chi connectivity index (χ4n) is 1.78. The zero-order chi connectivity index (χ0) is 14.6. The van der Waals surface area contributed by atoms with Crippen LogP contribution in [0.2, 0.25) is 0 Å². The minimum atomic E-state index is -3.94. The molecule has 2 rings (SSSR count). The normalized spacial score (nSPS) is 18.9. The van der Waals surface area contributed by atoms with Gasteiger partial charge >= 0.3 is 0 Å². The predicted octanol–water partition coefficient (Wildman–Crippen LogP) is 1.58. The van der Waals surface area contributed by atoms with E-state index in [1.807, 2.05) is 10.8 Å². The summed E-state index contributed by atoms with van der Waals surface area (Å²) in [5.41, 5.74) is 0. The van der Waals surface area contributed by atoms with E-state index >= 15 is 0 Å². The van der Waals surface area contributed by atoms with Gasteiger partial charge in [0.1, 0.15) is 6.61 Å². The van der Waals surface area contributed by atoms with Crippen LogP contribution in [0.5, 0.6) is 11.5 Å². The van der Waals surface area contributed by atoms with Gasteiger partial charge in [0.2, 0.25) is 0 Å². The summed E-state index contributed by atoms with van der Waals surface area (Å²) in [5, 5.41) is 3.02. The SMILES string of the molecule is CC(CCCOCC1COc2cscc2O1)S(=O)(=O)O.[Na]. The molecule has 1 radical (unpaired) electrons. The van der Waals surface area contributed by atoms with Crippen LogP contribution < -0.4 is 9.47 Å². The molecule has 2 heterocycles. The molecule has 2 atom stereocenters. The zero-order valence-corrected chi connectivity index (χ0v) is 15.8. The van der Waals surface area contributed by atoms with E-state index in [1.165, 1.54) is 18.3 Å². The molecule has 0 fully saturated rings. The maximum Gasteiger partial charge on any atom is 0.267 e. The van der Waals surface area contributed by atoms with Gasteiger partial charge in [-0.2, -0.15) is 8.42 Å². The molecule has 115 valence electrons. The van der Waals surface area contributed by atoms with Crippen molar-refractivity contribution in [2.45, 2.75) is 31.1 Å². The van der Waals surface area contributed by atoms with Gasteiger partial charge in [0, 0.05) is 46.9 Å². The van der Waals surface area contributed by atoms with Crippen LogP contribution in [0.15, 0.2) is 10.8 Å². The van der Waals surface area contributed by atoms with E-state index in [2.05, 4.69) is 0 Å². The number of ether oxygens (including phenoxy) is 3. The number of hydrogen-bond acceptors (Lipinski definition) is 6. The van der Waals surface area contributed by atoms with Crippen molar-refractivity contribution in [3.63, 3.8) is 0 Å². The van der Waals surface area contributed by atoms with Gasteiger partial charge in [0.05, 0.1) is 11.9 Å². The van der Waals surface area contributed by atoms with Gasteiger partial charge < -0.3 is 14.2 Å². The van der Waals surface area contributed by atoms with Crippen LogP contribution in [-0.4, -0.2) is 73.7 Å². The van der Waals surface area contributed by atoms with Crippen molar-refractivity contribution in [2.75, 3.05) is 19.8 Å². The largest absolute Gasteiger partial charge is 0.485 e. The second-order valence-electron chi connectivity index (χ2n) is 4.69. The van der Waals surface area contributed by atoms with Crippen LogP contribution in [0.1, 0.15) is 19.8 Å². The molecule has 1 aromatic rings. The van der Waals surface area contributed by atoms with Crippen molar-refractivity contribution >= 4 is 51.0 Å². The number of rotatable bonds is 7. The molecular formula is C12H18NaO6S2. The maximum atomic E-state index is 10.8. The molecular weight excluding hydrogens is 327 g/mol. The van der Waals surface area contributed by atoms with Crippen molar-refractivity contribution in [1.82, 2.24) is 0 Å². The van der Waals surface area contributed by atoms with Gasteiger partial charge in [0.15, 0.2) is 17.6 Å². The van der Waals surface area contributed by atoms with Crippen LogP contribution >= 0.6 is 11.3 Å². The van der Waals surface area contributed by atoms with E-state index in [4.69, 9.17) is 18.8 Å². The van der Waals surface area contributed by atoms with Gasteiger partial charge in [0.25, 0.3) is 10.1 Å². The van der Waals surface area contributed by atoms with Crippen molar-refractivity contribution in [3.05, 3.63) is 10.8 Å². The third-order valence-electron chi connectivity index (χ3n) is 3.02. The summed E-state index contributed by atoms with van der Waals surface area (Å²) in [6, 6.07) is 0. The van der Waals surface area contributed by atoms with E-state index < -0.39 is 15.4 Å². The zero-order valence-electron chi connectivity index (χ0n) is 12.1. The molecule has 1 aliphatic rings. The van der Waals surface area contributed by atoms with E-state index in [0.717, 1.165) is 11.5 Å². The monoisotopic (exact) mass is 345 g/mol. The van der Waals surface area contributed by atoms with E-state index in [9.17, 15) is 8.42 Å². The average Bonchev–Trinajstić information content (AvgIpc) is 2.84. The van der Waals surface area contributed by atoms with Gasteiger partial charge in [-0.25, -0.2) is 0 Å². The van der Waals surface area contributed by atoms with Crippen LogP contribution in [-0.2, 0) is 14.9 Å². The predicted molar refractivity (Wildman–Crippen MR) is 81.0 cm³/mol. The Morgan fingerprint density at radius 3 is 2.90 bits per heavy atom. The Morgan fingerprint density at radius 2 is 2.19 bits per heavy atom. The smallest absolute Gasteiger partial charge is 0.267 e. The third kappa shape index (κ3) is 6.05. The first-order chi connectivity index (χ1) is 9.47. The molecule has 0 saturated heterocycles. The molecule has 2 unspecified atom stereocenters. The van der Waals surface area contributed by atoms with Crippen LogP contribution in [0.4, 0.5) is 0 Å². The van der Waals surface area contributed by atoms with Crippen molar-refractivity contribution in [2.24, 2.45) is 0 Å². The van der Waals surface area contributed by atoms with Gasteiger partial charge in [-0.15, -0.1) is 11.3 Å². The second-order valence-corrected chi connectivity index (χ2v) is 7.27. The van der Waals surface area contributed by atoms with Crippen LogP contribution in [0.25, 0.3) is 0 Å². The first-order valence-corrected chi connectivity index (χ1v) is 8.81. The quantitative estimate of drug-likeness (QED) is 0.459. The summed E-state index contributed by atoms with van der Waals surface area (Å²) in [7, 11) is -3.94. The fraction of sp³-hybridized carbons (Fsp3) is 0.667. The summed E-state index contributed by atoms with van der Waals surface area (Å²) < 4.78 is 47.1. The Morgan fingerprint density at radius 1 is 1.48 bits per heavy atom. The Balaban J connectivity index is 0.00000220. The number of thiophene rings is 1. The molecule has 0 aliphatic carbocycles. The molecule has 0 bridgehead atoms. The minimum absolute atomic E-state index is 0. The van der Waals surface area contributed by atoms with Crippen molar-refractivity contribution in [1.29, 1.82) is 0 Å². The molecule has 0 spiro atoms. The summed E-state index contributed by atoms with van der Waals surface area (Å²) in [5.74, 6) is 1.52. The van der Waals surface area contributed by atoms with E-state index in [0.29, 0.717) is 32.7 Å². The van der Waals surface area contributed by atoms with Gasteiger partial charge in [-0.3, -0.25) is 4.55 Å². The minimum Gasteiger partial charge on any atom is -0.485 e. The Labute approximate surface area is 150 Å². The van der Waals surface area contributed by atoms with Crippen LogP contribution in [0, 0.1) is 0 Å². The molecule has 0 aromatic carbocycles. The Hall–Kier alpha value is 0.170. The van der Waals surface area contributed by atoms with Gasteiger partial charge in [-0.05, 0) is 19.8 Å². The van der Waals surface area contributed by atoms with Crippen molar-refractivity contribution < 1.29 is 27.2 Å². The first-order valence-electron chi connectivity index (χ1n) is 6.36. The summed E-state index contributed by atoms with van der Waals surface area (Å²) in [4.78, 5) is 0. The molecule has 9 heteroatoms. The van der Waals surface area contributed by atoms with Crippen molar-refractivity contribution in [3.8, 4) is 11.5 Å². The van der Waals surface area contributed by atoms with Crippen LogP contribution in [0.3, 0.4) is 0 Å². The molecule has 21 heavy (non-hydrogen) atoms. The standard InChI is InChI=1S/C12H18O6S2.Na/c1-9(20(13,14)15)3-2-4-16-5-10-6-17-11-7-19-8-12(11)18-10;/h7-10H,2-6H2,1H3,(H,13,14,15);. The summed E-state index contributed by atoms with van der Waals surface area (Å²) in [6.07, 6.45) is 0.796. The number of hydrogen-bond donors (Lipinski definition) is 1. The van der Waals surface area contributed by atoms with E-state index in [-0.39, 0.29) is 35.7 Å². The molecule has 1 aromatic heterocycles. The molecule has 6 nitrogen and oxygen atoms in total. The number of fused-ring (bicyclic) bond motifs is 1. The Bertz CT molecular complexity index is 530. The Kier molecular flexibility index (Phi) is 7.97. The van der Waals surface area contributed by atoms with E-state index in [1.54, 1.807) is 0 Å². The molecule has 0 saturated carbocycles. The van der Waals surface area contributed by atoms with Gasteiger partial charge in [-0.1, -0.05) is 0 Å². The molecule has 0 amide bonds. The maximum absolute atomic E-state index is 10.8. The summed E-state index contributed by atoms with van der Waals surface area (Å²) in [6.45, 7) is 2.75. The third-order valence-corrected chi connectivity index (χ3v) is 4.98. The second kappa shape index (κ2) is 8.71. The average molecular weight is 345 g/mol. The molecule has 1 N–H and O–H groups in total. The summed E-state index contributed by atoms with van der Waals surface area (Å²) >= 11 is 1.52. The first kappa shape index (κ1) is 19.2.